The molecular weight excluding hydrogens is 462 g/mol. The number of aromatic nitrogens is 1. The number of anilines is 1. The van der Waals surface area contributed by atoms with Crippen molar-refractivity contribution in [2.75, 3.05) is 31.1 Å². The largest absolute Gasteiger partial charge is 0.477 e. The summed E-state index contributed by atoms with van der Waals surface area (Å²) in [6.07, 6.45) is 0.522. The number of aliphatic hydroxyl groups is 1. The van der Waals surface area contributed by atoms with E-state index in [4.69, 9.17) is 10.2 Å². The summed E-state index contributed by atoms with van der Waals surface area (Å²) < 4.78 is 5.54. The molecule has 12 heteroatoms. The van der Waals surface area contributed by atoms with Crippen LogP contribution in [0.15, 0.2) is 21.3 Å². The lowest BCUT2D eigenvalue weighted by atomic mass is 9.79. The van der Waals surface area contributed by atoms with Crippen LogP contribution >= 0.6 is 11.8 Å². The summed E-state index contributed by atoms with van der Waals surface area (Å²) in [6, 6.07) is 0.00386. The molecule has 4 rings (SSSR count). The summed E-state index contributed by atoms with van der Waals surface area (Å²) in [5, 5.41) is 19.8. The van der Waals surface area contributed by atoms with Gasteiger partial charge in [-0.25, -0.2) is 4.79 Å². The average molecular weight is 494 g/mol. The Morgan fingerprint density at radius 2 is 2.03 bits per heavy atom. The number of rotatable bonds is 9. The van der Waals surface area contributed by atoms with Crippen LogP contribution in [-0.2, 0) is 9.59 Å². The van der Waals surface area contributed by atoms with Crippen molar-refractivity contribution in [3.05, 3.63) is 22.6 Å². The molecule has 3 aliphatic rings. The maximum atomic E-state index is 12.7. The molecule has 0 aliphatic carbocycles. The van der Waals surface area contributed by atoms with E-state index in [-0.39, 0.29) is 46.5 Å². The van der Waals surface area contributed by atoms with Gasteiger partial charge in [0.05, 0.1) is 18.1 Å². The normalized spacial score (nSPS) is 25.4. The van der Waals surface area contributed by atoms with E-state index in [9.17, 15) is 24.6 Å². The number of aliphatic carboxylic acids is 1. The second kappa shape index (κ2) is 9.23. The fraction of sp³-hybridized carbons (Fsp3) is 0.636. The number of carboxylic acid groups (broad SMARTS) is 1. The smallest absolute Gasteiger partial charge is 0.353 e. The number of carbonyl (C=O) groups is 3. The molecule has 11 nitrogen and oxygen atoms in total. The first-order valence-electron chi connectivity index (χ1n) is 11.4. The minimum absolute atomic E-state index is 0.0163. The van der Waals surface area contributed by atoms with Crippen LogP contribution < -0.4 is 10.6 Å². The van der Waals surface area contributed by atoms with E-state index in [0.717, 1.165) is 0 Å². The van der Waals surface area contributed by atoms with Crippen molar-refractivity contribution in [2.24, 2.45) is 17.6 Å². The molecule has 0 aromatic carbocycles. The van der Waals surface area contributed by atoms with Crippen molar-refractivity contribution in [1.29, 1.82) is 0 Å². The van der Waals surface area contributed by atoms with Crippen LogP contribution in [0.3, 0.4) is 0 Å². The number of fused-ring (bicyclic) bond motifs is 1. The molecule has 4 atom stereocenters. The van der Waals surface area contributed by atoms with Gasteiger partial charge in [0.2, 0.25) is 5.91 Å². The van der Waals surface area contributed by atoms with E-state index >= 15 is 0 Å². The highest BCUT2D eigenvalue weighted by atomic mass is 32.2. The topological polar surface area (TPSA) is 153 Å². The van der Waals surface area contributed by atoms with Crippen molar-refractivity contribution >= 4 is 35.6 Å². The average Bonchev–Trinajstić information content (AvgIpc) is 3.29. The lowest BCUT2D eigenvalue weighted by Gasteiger charge is -2.46. The molecule has 3 aliphatic heterocycles. The number of hydrogen-bond donors (Lipinski definition) is 3. The van der Waals surface area contributed by atoms with Crippen molar-refractivity contribution in [1.82, 2.24) is 14.8 Å². The summed E-state index contributed by atoms with van der Waals surface area (Å²) >= 11 is 1.45. The number of thioether (sulfide) groups is 1. The third-order valence-electron chi connectivity index (χ3n) is 6.69. The van der Waals surface area contributed by atoms with Gasteiger partial charge in [0.1, 0.15) is 12.0 Å². The van der Waals surface area contributed by atoms with Crippen LogP contribution in [0.2, 0.25) is 0 Å². The molecule has 4 heterocycles. The van der Waals surface area contributed by atoms with Crippen molar-refractivity contribution in [3.8, 4) is 0 Å². The fourth-order valence-corrected chi connectivity index (χ4v) is 6.43. The van der Waals surface area contributed by atoms with Crippen LogP contribution in [0.5, 0.6) is 0 Å². The van der Waals surface area contributed by atoms with Crippen LogP contribution in [0.4, 0.5) is 6.01 Å². The summed E-state index contributed by atoms with van der Waals surface area (Å²) in [7, 11) is 0. The molecule has 0 bridgehead atoms. The molecule has 2 amide bonds. The quantitative estimate of drug-likeness (QED) is 0.416. The Morgan fingerprint density at radius 1 is 1.35 bits per heavy atom. The number of nitrogens with zero attached hydrogens (tertiary/aromatic N) is 4. The van der Waals surface area contributed by atoms with Crippen molar-refractivity contribution in [3.63, 3.8) is 0 Å². The molecule has 1 aromatic heterocycles. The number of aliphatic hydroxyl groups excluding tert-OH is 1. The summed E-state index contributed by atoms with van der Waals surface area (Å²) in [6.45, 7) is 9.21. The molecule has 2 fully saturated rings. The third kappa shape index (κ3) is 3.97. The minimum atomic E-state index is -1.13. The Morgan fingerprint density at radius 3 is 2.59 bits per heavy atom. The van der Waals surface area contributed by atoms with Crippen molar-refractivity contribution in [2.45, 2.75) is 51.1 Å². The van der Waals surface area contributed by atoms with Gasteiger partial charge in [-0.2, -0.15) is 4.98 Å². The van der Waals surface area contributed by atoms with Crippen LogP contribution in [0.1, 0.15) is 38.2 Å². The lowest BCUT2D eigenvalue weighted by Crippen LogP contribution is -2.63. The molecule has 0 saturated carbocycles. The van der Waals surface area contributed by atoms with E-state index in [0.29, 0.717) is 37.1 Å². The van der Waals surface area contributed by atoms with Crippen LogP contribution in [0, 0.1) is 11.8 Å². The molecule has 2 saturated heterocycles. The Bertz CT molecular complexity index is 1020. The molecule has 1 aromatic rings. The van der Waals surface area contributed by atoms with Crippen molar-refractivity contribution < 1.29 is 29.0 Å². The summed E-state index contributed by atoms with van der Waals surface area (Å²) in [5.74, 6) is -2.45. The first-order chi connectivity index (χ1) is 16.1. The Balaban J connectivity index is 1.41. The minimum Gasteiger partial charge on any atom is -0.477 e. The molecule has 4 N–H and O–H groups in total. The number of carboxylic acids is 1. The van der Waals surface area contributed by atoms with Crippen LogP contribution in [0.25, 0.3) is 0 Å². The highest BCUT2D eigenvalue weighted by Gasteiger charge is 2.60. The van der Waals surface area contributed by atoms with E-state index in [1.807, 2.05) is 25.7 Å². The molecule has 34 heavy (non-hydrogen) atoms. The van der Waals surface area contributed by atoms with Gasteiger partial charge in [0, 0.05) is 48.3 Å². The van der Waals surface area contributed by atoms with Gasteiger partial charge in [0.15, 0.2) is 5.69 Å². The zero-order valence-electron chi connectivity index (χ0n) is 19.7. The monoisotopic (exact) mass is 493 g/mol. The first-order valence-corrected chi connectivity index (χ1v) is 12.3. The molecule has 0 unspecified atom stereocenters. The maximum Gasteiger partial charge on any atom is 0.353 e. The highest BCUT2D eigenvalue weighted by Crippen LogP contribution is 2.52. The van der Waals surface area contributed by atoms with Gasteiger partial charge >= 0.3 is 5.97 Å². The number of oxazole rings is 1. The first kappa shape index (κ1) is 24.6. The maximum absolute atomic E-state index is 12.7. The Kier molecular flexibility index (Phi) is 6.67. The summed E-state index contributed by atoms with van der Waals surface area (Å²) in [4.78, 5) is 47.0. The zero-order valence-corrected chi connectivity index (χ0v) is 20.5. The van der Waals surface area contributed by atoms with Gasteiger partial charge in [-0.15, -0.1) is 11.8 Å². The third-order valence-corrected chi connectivity index (χ3v) is 8.14. The molecule has 0 radical (unpaired) electrons. The second-order valence-electron chi connectivity index (χ2n) is 9.31. The van der Waals surface area contributed by atoms with Crippen LogP contribution in [-0.4, -0.2) is 92.4 Å². The SMILES string of the molecule is CC(C)N(CCN)C(=O)c1coc(N2CC(SC3=C(C(=O)O)N4C(=O)[C@H]([C@@H](C)O)[C@H]4[C@H]3C)C2)n1. The fourth-order valence-electron chi connectivity index (χ4n) is 4.92. The Labute approximate surface area is 201 Å². The standard InChI is InChI=1S/C22H31N5O6S/c1-10(2)26(6-5-23)19(29)14-9-33-22(24-14)25-7-13(8-25)34-18-11(3)16-15(12(4)28)20(30)27(16)17(18)21(31)32/h9-13,15-16,28H,5-8,23H2,1-4H3,(H,31,32)/t11-,12-,15-,16-/m1/s1. The van der Waals surface area contributed by atoms with Gasteiger partial charge in [-0.3, -0.25) is 9.59 Å². The number of amides is 2. The van der Waals surface area contributed by atoms with Gasteiger partial charge < -0.3 is 35.1 Å². The van der Waals surface area contributed by atoms with E-state index < -0.39 is 18.0 Å². The van der Waals surface area contributed by atoms with E-state index in [1.165, 1.54) is 22.9 Å². The highest BCUT2D eigenvalue weighted by molar-refractivity contribution is 8.03. The van der Waals surface area contributed by atoms with Gasteiger partial charge in [0.25, 0.3) is 11.9 Å². The van der Waals surface area contributed by atoms with Gasteiger partial charge in [-0.05, 0) is 20.8 Å². The molecular formula is C22H31N5O6S. The molecule has 186 valence electrons. The van der Waals surface area contributed by atoms with Gasteiger partial charge in [-0.1, -0.05) is 6.92 Å². The number of β-lactam (4-membered cyclic amide) rings is 1. The second-order valence-corrected chi connectivity index (χ2v) is 10.7. The number of hydrogen-bond acceptors (Lipinski definition) is 9. The predicted octanol–water partition coefficient (Wildman–Crippen LogP) is 0.559. The number of nitrogens with two attached hydrogens (primary N) is 1. The lowest BCUT2D eigenvalue weighted by molar-refractivity contribution is -0.163. The predicted molar refractivity (Wildman–Crippen MR) is 125 cm³/mol. The Hall–Kier alpha value is -2.57. The molecule has 0 spiro atoms. The van der Waals surface area contributed by atoms with E-state index in [1.54, 1.807) is 11.8 Å². The summed E-state index contributed by atoms with van der Waals surface area (Å²) in [5.41, 5.74) is 5.87. The zero-order chi connectivity index (χ0) is 24.9. The number of carbonyl (C=O) groups excluding carboxylic acids is 2. The van der Waals surface area contributed by atoms with E-state index in [2.05, 4.69) is 4.98 Å².